The van der Waals surface area contributed by atoms with Crippen molar-refractivity contribution in [1.82, 2.24) is 5.32 Å². The van der Waals surface area contributed by atoms with Gasteiger partial charge in [0.25, 0.3) is 0 Å². The van der Waals surface area contributed by atoms with Gasteiger partial charge >= 0.3 is 0 Å². The van der Waals surface area contributed by atoms with E-state index in [-0.39, 0.29) is 25.2 Å². The van der Waals surface area contributed by atoms with Crippen molar-refractivity contribution in [3.63, 3.8) is 0 Å². The summed E-state index contributed by atoms with van der Waals surface area (Å²) in [6.07, 6.45) is 2.92. The van der Waals surface area contributed by atoms with E-state index in [0.717, 1.165) is 16.8 Å². The molecule has 27 heavy (non-hydrogen) atoms. The molecule has 0 aromatic heterocycles. The zero-order chi connectivity index (χ0) is 19.4. The van der Waals surface area contributed by atoms with E-state index in [1.807, 2.05) is 32.0 Å². The minimum Gasteiger partial charge on any atom is -0.454 e. The van der Waals surface area contributed by atoms with Gasteiger partial charge in [0.05, 0.1) is 11.6 Å². The molecule has 3 rings (SSSR count). The second-order valence-electron chi connectivity index (χ2n) is 6.10. The molecule has 0 radical (unpaired) electrons. The van der Waals surface area contributed by atoms with Crippen LogP contribution in [0, 0.1) is 13.8 Å². The van der Waals surface area contributed by atoms with E-state index in [2.05, 4.69) is 10.6 Å². The first-order valence-electron chi connectivity index (χ1n) is 8.35. The van der Waals surface area contributed by atoms with Crippen molar-refractivity contribution in [1.29, 1.82) is 0 Å². The molecule has 2 amide bonds. The zero-order valence-corrected chi connectivity index (χ0v) is 15.7. The van der Waals surface area contributed by atoms with Crippen LogP contribution in [0.1, 0.15) is 16.7 Å². The van der Waals surface area contributed by atoms with Gasteiger partial charge in [-0.2, -0.15) is 0 Å². The minimum atomic E-state index is -0.388. The van der Waals surface area contributed by atoms with Crippen molar-refractivity contribution in [2.45, 2.75) is 13.8 Å². The normalized spacial score (nSPS) is 12.3. The zero-order valence-electron chi connectivity index (χ0n) is 15.0. The van der Waals surface area contributed by atoms with Crippen LogP contribution in [-0.2, 0) is 9.59 Å². The second kappa shape index (κ2) is 8.14. The third-order valence-electron chi connectivity index (χ3n) is 4.05. The lowest BCUT2D eigenvalue weighted by Gasteiger charge is -2.11. The molecule has 0 spiro atoms. The van der Waals surface area contributed by atoms with Crippen LogP contribution in [0.2, 0.25) is 5.02 Å². The van der Waals surface area contributed by atoms with Crippen LogP contribution < -0.4 is 20.1 Å². The highest BCUT2D eigenvalue weighted by Crippen LogP contribution is 2.40. The molecule has 140 valence electrons. The van der Waals surface area contributed by atoms with E-state index in [1.165, 1.54) is 6.08 Å². The van der Waals surface area contributed by atoms with Crippen LogP contribution in [0.5, 0.6) is 11.5 Å². The Balaban J connectivity index is 1.54. The van der Waals surface area contributed by atoms with Gasteiger partial charge in [-0.15, -0.1) is 0 Å². The van der Waals surface area contributed by atoms with E-state index in [0.29, 0.717) is 22.1 Å². The smallest absolute Gasteiger partial charge is 0.244 e. The molecule has 1 heterocycles. The van der Waals surface area contributed by atoms with E-state index in [4.69, 9.17) is 21.1 Å². The number of ether oxygens (including phenoxy) is 2. The van der Waals surface area contributed by atoms with E-state index in [1.54, 1.807) is 18.2 Å². The number of fused-ring (bicyclic) bond motifs is 1. The maximum Gasteiger partial charge on any atom is 0.244 e. The average molecular weight is 387 g/mol. The fourth-order valence-corrected chi connectivity index (χ4v) is 2.95. The van der Waals surface area contributed by atoms with Crippen LogP contribution in [0.25, 0.3) is 6.08 Å². The summed E-state index contributed by atoms with van der Waals surface area (Å²) in [5.41, 5.74) is 3.39. The van der Waals surface area contributed by atoms with Gasteiger partial charge in [-0.3, -0.25) is 9.59 Å². The Morgan fingerprint density at radius 2 is 1.93 bits per heavy atom. The molecular formula is C20H19ClN2O4. The topological polar surface area (TPSA) is 76.7 Å². The average Bonchev–Trinajstić information content (AvgIpc) is 3.10. The Labute approximate surface area is 162 Å². The third kappa shape index (κ3) is 4.60. The predicted octanol–water partition coefficient (Wildman–Crippen LogP) is 3.45. The van der Waals surface area contributed by atoms with Gasteiger partial charge in [-0.25, -0.2) is 0 Å². The fourth-order valence-electron chi connectivity index (χ4n) is 2.68. The number of para-hydroxylation sites is 1. The molecule has 0 unspecified atom stereocenters. The molecular weight excluding hydrogens is 368 g/mol. The number of carbonyl (C=O) groups excluding carboxylic acids is 2. The lowest BCUT2D eigenvalue weighted by molar-refractivity contribution is -0.121. The maximum absolute atomic E-state index is 12.1. The summed E-state index contributed by atoms with van der Waals surface area (Å²) in [4.78, 5) is 24.0. The quantitative estimate of drug-likeness (QED) is 0.771. The highest BCUT2D eigenvalue weighted by molar-refractivity contribution is 6.32. The van der Waals surface area contributed by atoms with Gasteiger partial charge in [0.2, 0.25) is 18.6 Å². The largest absolute Gasteiger partial charge is 0.454 e. The van der Waals surface area contributed by atoms with Crippen molar-refractivity contribution in [2.24, 2.45) is 0 Å². The number of amides is 2. The summed E-state index contributed by atoms with van der Waals surface area (Å²) in [6, 6.07) is 9.16. The molecule has 2 aromatic rings. The first-order chi connectivity index (χ1) is 12.9. The Kier molecular flexibility index (Phi) is 5.66. The number of benzene rings is 2. The van der Waals surface area contributed by atoms with Gasteiger partial charge in [0.15, 0.2) is 11.5 Å². The van der Waals surface area contributed by atoms with Gasteiger partial charge in [0, 0.05) is 11.8 Å². The number of carbonyl (C=O) groups is 2. The van der Waals surface area contributed by atoms with Crippen LogP contribution in [0.15, 0.2) is 36.4 Å². The summed E-state index contributed by atoms with van der Waals surface area (Å²) in [5.74, 6) is 0.359. The van der Waals surface area contributed by atoms with E-state index in [9.17, 15) is 9.59 Å². The number of rotatable bonds is 5. The lowest BCUT2D eigenvalue weighted by Crippen LogP contribution is -2.32. The molecule has 0 aliphatic carbocycles. The number of aryl methyl sites for hydroxylation is 2. The summed E-state index contributed by atoms with van der Waals surface area (Å²) in [5, 5.41) is 5.78. The van der Waals surface area contributed by atoms with Crippen LogP contribution in [-0.4, -0.2) is 25.2 Å². The molecule has 2 N–H and O–H groups in total. The minimum absolute atomic E-state index is 0.123. The molecule has 0 saturated carbocycles. The SMILES string of the molecule is Cc1cccc(C)c1NC(=O)CNC(=O)/C=C/c1cc(Cl)c2c(c1)OCO2. The van der Waals surface area contributed by atoms with Crippen LogP contribution in [0.4, 0.5) is 5.69 Å². The second-order valence-corrected chi connectivity index (χ2v) is 6.51. The number of hydrogen-bond donors (Lipinski definition) is 2. The van der Waals surface area contributed by atoms with Gasteiger partial charge in [-0.05, 0) is 48.7 Å². The third-order valence-corrected chi connectivity index (χ3v) is 4.33. The van der Waals surface area contributed by atoms with Gasteiger partial charge in [0.1, 0.15) is 0 Å². The molecule has 7 heteroatoms. The monoisotopic (exact) mass is 386 g/mol. The summed E-state index contributed by atoms with van der Waals surface area (Å²) < 4.78 is 10.5. The fraction of sp³-hybridized carbons (Fsp3) is 0.200. The lowest BCUT2D eigenvalue weighted by atomic mass is 10.1. The van der Waals surface area contributed by atoms with Crippen molar-refractivity contribution in [2.75, 3.05) is 18.7 Å². The standard InChI is InChI=1S/C20H19ClN2O4/c1-12-4-3-5-13(2)19(12)23-18(25)10-22-17(24)7-6-14-8-15(21)20-16(9-14)26-11-27-20/h3-9H,10-11H2,1-2H3,(H,22,24)(H,23,25)/b7-6+. The molecule has 1 aliphatic rings. The molecule has 0 atom stereocenters. The molecule has 0 fully saturated rings. The summed E-state index contributed by atoms with van der Waals surface area (Å²) in [6.45, 7) is 3.83. The predicted molar refractivity (Wildman–Crippen MR) is 104 cm³/mol. The Bertz CT molecular complexity index is 904. The molecule has 2 aromatic carbocycles. The van der Waals surface area contributed by atoms with Gasteiger partial charge in [-0.1, -0.05) is 29.8 Å². The number of nitrogens with one attached hydrogen (secondary N) is 2. The first-order valence-corrected chi connectivity index (χ1v) is 8.73. The number of halogens is 1. The maximum atomic E-state index is 12.1. The Morgan fingerprint density at radius 3 is 2.67 bits per heavy atom. The van der Waals surface area contributed by atoms with Gasteiger partial charge < -0.3 is 20.1 Å². The van der Waals surface area contributed by atoms with Crippen LogP contribution >= 0.6 is 11.6 Å². The number of anilines is 1. The number of hydrogen-bond acceptors (Lipinski definition) is 4. The molecule has 1 aliphatic heterocycles. The van der Waals surface area contributed by atoms with Crippen molar-refractivity contribution < 1.29 is 19.1 Å². The van der Waals surface area contributed by atoms with Crippen molar-refractivity contribution >= 4 is 35.2 Å². The van der Waals surface area contributed by atoms with Crippen molar-refractivity contribution in [3.05, 3.63) is 58.1 Å². The van der Waals surface area contributed by atoms with E-state index >= 15 is 0 Å². The molecule has 6 nitrogen and oxygen atoms in total. The van der Waals surface area contributed by atoms with Crippen LogP contribution in [0.3, 0.4) is 0 Å². The Morgan fingerprint density at radius 1 is 1.19 bits per heavy atom. The van der Waals surface area contributed by atoms with E-state index < -0.39 is 0 Å². The highest BCUT2D eigenvalue weighted by Gasteiger charge is 2.17. The summed E-state index contributed by atoms with van der Waals surface area (Å²) >= 11 is 6.10. The molecule has 0 bridgehead atoms. The first kappa shape index (κ1) is 18.8. The molecule has 0 saturated heterocycles. The summed E-state index contributed by atoms with van der Waals surface area (Å²) in [7, 11) is 0. The highest BCUT2D eigenvalue weighted by atomic mass is 35.5. The van der Waals surface area contributed by atoms with Crippen molar-refractivity contribution in [3.8, 4) is 11.5 Å². The Hall–Kier alpha value is -2.99.